The molecule has 0 saturated heterocycles. The van der Waals surface area contributed by atoms with Gasteiger partial charge in [-0.15, -0.1) is 0 Å². The summed E-state index contributed by atoms with van der Waals surface area (Å²) < 4.78 is 0. The van der Waals surface area contributed by atoms with Gasteiger partial charge in [0.1, 0.15) is 5.69 Å². The molecule has 6 nitrogen and oxygen atoms in total. The number of rotatable bonds is 5. The van der Waals surface area contributed by atoms with Crippen molar-refractivity contribution >= 4 is 17.3 Å². The van der Waals surface area contributed by atoms with Gasteiger partial charge in [-0.3, -0.25) is 14.9 Å². The molecule has 0 heterocycles. The monoisotopic (exact) mass is 292 g/mol. The van der Waals surface area contributed by atoms with E-state index in [1.807, 2.05) is 0 Å². The predicted molar refractivity (Wildman–Crippen MR) is 79.1 cm³/mol. The molecule has 6 heteroatoms. The second-order valence-corrected chi connectivity index (χ2v) is 5.67. The summed E-state index contributed by atoms with van der Waals surface area (Å²) in [7, 11) is 0. The lowest BCUT2D eigenvalue weighted by Crippen LogP contribution is -2.19. The number of nitrogen functional groups attached to an aromatic ring is 1. The van der Waals surface area contributed by atoms with Crippen LogP contribution >= 0.6 is 0 Å². The maximum Gasteiger partial charge on any atom is 0.311 e. The van der Waals surface area contributed by atoms with E-state index in [4.69, 9.17) is 5.73 Å². The minimum atomic E-state index is -0.965. The zero-order chi connectivity index (χ0) is 15.4. The number of para-hydroxylation sites is 1. The molecule has 2 rings (SSSR count). The Kier molecular flexibility index (Phi) is 4.77. The molecule has 3 N–H and O–H groups in total. The molecule has 1 aromatic carbocycles. The second-order valence-electron chi connectivity index (χ2n) is 5.67. The van der Waals surface area contributed by atoms with Gasteiger partial charge in [0.25, 0.3) is 5.69 Å². The number of carboxylic acids is 1. The van der Waals surface area contributed by atoms with Crippen LogP contribution in [0, 0.1) is 16.0 Å². The van der Waals surface area contributed by atoms with E-state index in [2.05, 4.69) is 0 Å². The Bertz CT molecular complexity index is 538. The molecule has 0 aromatic heterocycles. The van der Waals surface area contributed by atoms with Crippen LogP contribution in [0.25, 0.3) is 0 Å². The third-order valence-corrected chi connectivity index (χ3v) is 4.28. The van der Waals surface area contributed by atoms with Crippen molar-refractivity contribution in [2.24, 2.45) is 5.92 Å². The molecule has 0 bridgehead atoms. The van der Waals surface area contributed by atoms with Crippen molar-refractivity contribution in [3.05, 3.63) is 33.9 Å². The van der Waals surface area contributed by atoms with Gasteiger partial charge in [-0.05, 0) is 17.9 Å². The van der Waals surface area contributed by atoms with Crippen molar-refractivity contribution in [3.8, 4) is 0 Å². The van der Waals surface area contributed by atoms with Gasteiger partial charge >= 0.3 is 5.97 Å². The predicted octanol–water partition coefficient (Wildman–Crippen LogP) is 3.32. The number of hydrogen-bond donors (Lipinski definition) is 2. The summed E-state index contributed by atoms with van der Waals surface area (Å²) in [4.78, 5) is 21.9. The maximum atomic E-state index is 11.6. The van der Waals surface area contributed by atoms with Gasteiger partial charge < -0.3 is 10.8 Å². The fraction of sp³-hybridized carbons (Fsp3) is 0.533. The summed E-state index contributed by atoms with van der Waals surface area (Å²) >= 11 is 0. The van der Waals surface area contributed by atoms with E-state index in [9.17, 15) is 20.0 Å². The number of nitro benzene ring substituents is 1. The molecule has 1 fully saturated rings. The van der Waals surface area contributed by atoms with Crippen LogP contribution in [0.2, 0.25) is 0 Å². The quantitative estimate of drug-likeness (QED) is 0.492. The number of nitrogens with zero attached hydrogens (tertiary/aromatic N) is 1. The Morgan fingerprint density at radius 1 is 1.38 bits per heavy atom. The lowest BCUT2D eigenvalue weighted by Gasteiger charge is -2.25. The molecular weight excluding hydrogens is 272 g/mol. The third kappa shape index (κ3) is 3.51. The number of nitrogens with two attached hydrogens (primary N) is 1. The second kappa shape index (κ2) is 6.56. The van der Waals surface area contributed by atoms with Gasteiger partial charge in [0.05, 0.1) is 10.8 Å². The normalized spacial score (nSPS) is 17.3. The van der Waals surface area contributed by atoms with Crippen LogP contribution in [0.5, 0.6) is 0 Å². The summed E-state index contributed by atoms with van der Waals surface area (Å²) in [5, 5.41) is 20.4. The Morgan fingerprint density at radius 2 is 2.05 bits per heavy atom. The smallest absolute Gasteiger partial charge is 0.311 e. The molecule has 21 heavy (non-hydrogen) atoms. The van der Waals surface area contributed by atoms with Crippen LogP contribution in [-0.4, -0.2) is 16.0 Å². The molecule has 1 aliphatic carbocycles. The van der Waals surface area contributed by atoms with Crippen molar-refractivity contribution in [3.63, 3.8) is 0 Å². The standard InChI is InChI=1S/C15H20N2O4/c16-14-11(7-4-8-13(14)17(20)21)12(15(18)19)9-10-5-2-1-3-6-10/h4,7-8,10,12H,1-3,5-6,9,16H2,(H,18,19). The number of carboxylic acid groups (broad SMARTS) is 1. The molecule has 0 radical (unpaired) electrons. The number of nitro groups is 1. The molecule has 0 amide bonds. The first-order chi connectivity index (χ1) is 10.0. The largest absolute Gasteiger partial charge is 0.481 e. The number of aliphatic carboxylic acids is 1. The van der Waals surface area contributed by atoms with E-state index in [1.165, 1.54) is 18.6 Å². The fourth-order valence-electron chi connectivity index (χ4n) is 3.15. The van der Waals surface area contributed by atoms with Crippen molar-refractivity contribution < 1.29 is 14.8 Å². The minimum Gasteiger partial charge on any atom is -0.481 e. The Labute approximate surface area is 123 Å². The molecule has 0 aliphatic heterocycles. The summed E-state index contributed by atoms with van der Waals surface area (Å²) in [5.41, 5.74) is 5.94. The summed E-state index contributed by atoms with van der Waals surface area (Å²) in [6.07, 6.45) is 6.01. The summed E-state index contributed by atoms with van der Waals surface area (Å²) in [5.74, 6) is -1.38. The number of carbonyl (C=O) groups is 1. The first-order valence-electron chi connectivity index (χ1n) is 7.26. The van der Waals surface area contributed by atoms with Gasteiger partial charge in [-0.2, -0.15) is 0 Å². The molecule has 1 unspecified atom stereocenters. The molecular formula is C15H20N2O4. The molecule has 114 valence electrons. The highest BCUT2D eigenvalue weighted by atomic mass is 16.6. The van der Waals surface area contributed by atoms with Gasteiger partial charge in [-0.25, -0.2) is 0 Å². The number of hydrogen-bond acceptors (Lipinski definition) is 4. The van der Waals surface area contributed by atoms with E-state index >= 15 is 0 Å². The zero-order valence-corrected chi connectivity index (χ0v) is 11.8. The van der Waals surface area contributed by atoms with Crippen LogP contribution in [-0.2, 0) is 4.79 Å². The van der Waals surface area contributed by atoms with E-state index < -0.39 is 16.8 Å². The van der Waals surface area contributed by atoms with Crippen molar-refractivity contribution in [1.82, 2.24) is 0 Å². The molecule has 1 saturated carbocycles. The van der Waals surface area contributed by atoms with E-state index in [-0.39, 0.29) is 11.4 Å². The van der Waals surface area contributed by atoms with Crippen LogP contribution in [0.4, 0.5) is 11.4 Å². The minimum absolute atomic E-state index is 0.0225. The van der Waals surface area contributed by atoms with Gasteiger partial charge in [0, 0.05) is 6.07 Å². The van der Waals surface area contributed by atoms with Crippen molar-refractivity contribution in [2.45, 2.75) is 44.4 Å². The average molecular weight is 292 g/mol. The van der Waals surface area contributed by atoms with Gasteiger partial charge in [0.15, 0.2) is 0 Å². The first kappa shape index (κ1) is 15.3. The van der Waals surface area contributed by atoms with Crippen LogP contribution < -0.4 is 5.73 Å². The Morgan fingerprint density at radius 3 is 2.62 bits per heavy atom. The van der Waals surface area contributed by atoms with E-state index in [1.54, 1.807) is 6.07 Å². The van der Waals surface area contributed by atoms with E-state index in [0.29, 0.717) is 17.9 Å². The van der Waals surface area contributed by atoms with Gasteiger partial charge in [-0.1, -0.05) is 44.2 Å². The van der Waals surface area contributed by atoms with Crippen LogP contribution in [0.1, 0.15) is 50.0 Å². The number of benzene rings is 1. The van der Waals surface area contributed by atoms with Crippen molar-refractivity contribution in [1.29, 1.82) is 0 Å². The highest BCUT2D eigenvalue weighted by molar-refractivity contribution is 5.80. The fourth-order valence-corrected chi connectivity index (χ4v) is 3.15. The van der Waals surface area contributed by atoms with Crippen LogP contribution in [0.15, 0.2) is 18.2 Å². The topological polar surface area (TPSA) is 106 Å². The SMILES string of the molecule is Nc1c(C(CC2CCCCC2)C(=O)O)cccc1[N+](=O)[O-]. The van der Waals surface area contributed by atoms with E-state index in [0.717, 1.165) is 25.7 Å². The lowest BCUT2D eigenvalue weighted by molar-refractivity contribution is -0.383. The zero-order valence-electron chi connectivity index (χ0n) is 11.8. The lowest BCUT2D eigenvalue weighted by atomic mass is 9.80. The molecule has 1 aliphatic rings. The third-order valence-electron chi connectivity index (χ3n) is 4.28. The van der Waals surface area contributed by atoms with Crippen molar-refractivity contribution in [2.75, 3.05) is 5.73 Å². The molecule has 0 spiro atoms. The Hall–Kier alpha value is -2.11. The van der Waals surface area contributed by atoms with Gasteiger partial charge in [0.2, 0.25) is 0 Å². The average Bonchev–Trinajstić information content (AvgIpc) is 2.46. The maximum absolute atomic E-state index is 11.6. The number of anilines is 1. The molecule has 1 atom stereocenters. The summed E-state index contributed by atoms with van der Waals surface area (Å²) in [6, 6.07) is 4.39. The first-order valence-corrected chi connectivity index (χ1v) is 7.26. The highest BCUT2D eigenvalue weighted by Gasteiger charge is 2.29. The summed E-state index contributed by atoms with van der Waals surface area (Å²) in [6.45, 7) is 0. The Balaban J connectivity index is 2.27. The highest BCUT2D eigenvalue weighted by Crippen LogP contribution is 2.37. The molecule has 1 aromatic rings. The van der Waals surface area contributed by atoms with Crippen LogP contribution in [0.3, 0.4) is 0 Å².